The third-order valence-electron chi connectivity index (χ3n) is 1.98. The standard InChI is InChI=1S/C10H10FN3O/c1-15-10-6-9(12)14(13-10)8-4-2-3-7(11)5-8/h2-6H,12H2,1H3. The second-order valence-corrected chi connectivity index (χ2v) is 3.00. The summed E-state index contributed by atoms with van der Waals surface area (Å²) < 4.78 is 19.3. The van der Waals surface area contributed by atoms with Gasteiger partial charge in [-0.15, -0.1) is 5.10 Å². The molecule has 15 heavy (non-hydrogen) atoms. The highest BCUT2D eigenvalue weighted by atomic mass is 19.1. The predicted molar refractivity (Wildman–Crippen MR) is 54.5 cm³/mol. The Morgan fingerprint density at radius 1 is 1.40 bits per heavy atom. The molecular weight excluding hydrogens is 197 g/mol. The lowest BCUT2D eigenvalue weighted by molar-refractivity contribution is 0.394. The number of nitrogens with zero attached hydrogens (tertiary/aromatic N) is 2. The van der Waals surface area contributed by atoms with E-state index in [1.54, 1.807) is 18.2 Å². The van der Waals surface area contributed by atoms with Gasteiger partial charge >= 0.3 is 0 Å². The van der Waals surface area contributed by atoms with Crippen molar-refractivity contribution in [3.8, 4) is 11.6 Å². The molecule has 1 aromatic carbocycles. The van der Waals surface area contributed by atoms with Crippen LogP contribution in [0.3, 0.4) is 0 Å². The summed E-state index contributed by atoms with van der Waals surface area (Å²) in [5.41, 5.74) is 6.26. The highest BCUT2D eigenvalue weighted by Crippen LogP contribution is 2.18. The zero-order valence-corrected chi connectivity index (χ0v) is 8.14. The van der Waals surface area contributed by atoms with Gasteiger partial charge in [0.05, 0.1) is 12.8 Å². The largest absolute Gasteiger partial charge is 0.480 e. The lowest BCUT2D eigenvalue weighted by Gasteiger charge is -2.02. The highest BCUT2D eigenvalue weighted by molar-refractivity contribution is 5.44. The third kappa shape index (κ3) is 1.76. The summed E-state index contributed by atoms with van der Waals surface area (Å²) in [6.45, 7) is 0. The van der Waals surface area contributed by atoms with Crippen LogP contribution in [-0.2, 0) is 0 Å². The molecule has 4 nitrogen and oxygen atoms in total. The van der Waals surface area contributed by atoms with Crippen LogP contribution in [0.25, 0.3) is 5.69 Å². The molecule has 1 aromatic heterocycles. The first-order valence-electron chi connectivity index (χ1n) is 4.36. The van der Waals surface area contributed by atoms with E-state index in [9.17, 15) is 4.39 Å². The van der Waals surface area contributed by atoms with Crippen LogP contribution in [0.15, 0.2) is 30.3 Å². The first-order valence-corrected chi connectivity index (χ1v) is 4.36. The van der Waals surface area contributed by atoms with Crippen LogP contribution in [0.5, 0.6) is 5.88 Å². The average Bonchev–Trinajstić information content (AvgIpc) is 2.60. The predicted octanol–water partition coefficient (Wildman–Crippen LogP) is 1.60. The number of hydrogen-bond acceptors (Lipinski definition) is 3. The fourth-order valence-corrected chi connectivity index (χ4v) is 1.29. The van der Waals surface area contributed by atoms with E-state index in [1.165, 1.54) is 23.9 Å². The first kappa shape index (κ1) is 9.51. The molecule has 0 saturated heterocycles. The second-order valence-electron chi connectivity index (χ2n) is 3.00. The maximum absolute atomic E-state index is 13.0. The van der Waals surface area contributed by atoms with E-state index < -0.39 is 0 Å². The van der Waals surface area contributed by atoms with Crippen LogP contribution in [0.4, 0.5) is 10.2 Å². The molecule has 0 bridgehead atoms. The van der Waals surface area contributed by atoms with Gasteiger partial charge < -0.3 is 10.5 Å². The lowest BCUT2D eigenvalue weighted by Crippen LogP contribution is -2.01. The van der Waals surface area contributed by atoms with Crippen LogP contribution in [0.1, 0.15) is 0 Å². The fourth-order valence-electron chi connectivity index (χ4n) is 1.29. The quantitative estimate of drug-likeness (QED) is 0.813. The van der Waals surface area contributed by atoms with Crippen LogP contribution in [0, 0.1) is 5.82 Å². The summed E-state index contributed by atoms with van der Waals surface area (Å²) in [7, 11) is 1.50. The van der Waals surface area contributed by atoms with Gasteiger partial charge in [0.1, 0.15) is 11.6 Å². The van der Waals surface area contributed by atoms with Gasteiger partial charge in [-0.05, 0) is 18.2 Å². The Balaban J connectivity index is 2.48. The first-order chi connectivity index (χ1) is 7.20. The lowest BCUT2D eigenvalue weighted by atomic mass is 10.3. The van der Waals surface area contributed by atoms with Gasteiger partial charge in [-0.3, -0.25) is 0 Å². The van der Waals surface area contributed by atoms with Crippen LogP contribution < -0.4 is 10.5 Å². The number of methoxy groups -OCH3 is 1. The van der Waals surface area contributed by atoms with Gasteiger partial charge in [0.25, 0.3) is 0 Å². The Morgan fingerprint density at radius 3 is 2.80 bits per heavy atom. The van der Waals surface area contributed by atoms with Gasteiger partial charge in [-0.25, -0.2) is 9.07 Å². The van der Waals surface area contributed by atoms with Crippen molar-refractivity contribution in [2.24, 2.45) is 0 Å². The van der Waals surface area contributed by atoms with E-state index in [2.05, 4.69) is 5.10 Å². The molecule has 2 aromatic rings. The van der Waals surface area contributed by atoms with E-state index in [0.29, 0.717) is 17.4 Å². The summed E-state index contributed by atoms with van der Waals surface area (Å²) in [6, 6.07) is 7.60. The molecule has 0 amide bonds. The number of aromatic nitrogens is 2. The second kappa shape index (κ2) is 3.61. The number of nitrogens with two attached hydrogens (primary N) is 1. The minimum Gasteiger partial charge on any atom is -0.480 e. The van der Waals surface area contributed by atoms with Crippen molar-refractivity contribution in [1.82, 2.24) is 9.78 Å². The summed E-state index contributed by atoms with van der Waals surface area (Å²) in [6.07, 6.45) is 0. The summed E-state index contributed by atoms with van der Waals surface area (Å²) in [5.74, 6) is 0.468. The van der Waals surface area contributed by atoms with Crippen LogP contribution >= 0.6 is 0 Å². The number of halogens is 1. The molecule has 0 saturated carbocycles. The minimum absolute atomic E-state index is 0.332. The van der Waals surface area contributed by atoms with E-state index in [-0.39, 0.29) is 5.82 Å². The molecule has 2 rings (SSSR count). The number of ether oxygens (including phenoxy) is 1. The minimum atomic E-state index is -0.332. The summed E-state index contributed by atoms with van der Waals surface area (Å²) in [4.78, 5) is 0. The van der Waals surface area contributed by atoms with Crippen LogP contribution in [-0.4, -0.2) is 16.9 Å². The molecular formula is C10H10FN3O. The molecule has 0 atom stereocenters. The van der Waals surface area contributed by atoms with Gasteiger partial charge in [0.2, 0.25) is 5.88 Å². The molecule has 0 unspecified atom stereocenters. The third-order valence-corrected chi connectivity index (χ3v) is 1.98. The summed E-state index contributed by atoms with van der Waals surface area (Å²) in [5, 5.41) is 4.04. The zero-order valence-electron chi connectivity index (χ0n) is 8.14. The van der Waals surface area contributed by atoms with E-state index >= 15 is 0 Å². The van der Waals surface area contributed by atoms with Gasteiger partial charge in [0.15, 0.2) is 0 Å². The maximum Gasteiger partial charge on any atom is 0.235 e. The molecule has 0 radical (unpaired) electrons. The number of nitrogen functional groups attached to an aromatic ring is 1. The topological polar surface area (TPSA) is 53.1 Å². The van der Waals surface area contributed by atoms with Crippen molar-refractivity contribution in [3.05, 3.63) is 36.1 Å². The Morgan fingerprint density at radius 2 is 2.20 bits per heavy atom. The fraction of sp³-hybridized carbons (Fsp3) is 0.100. The van der Waals surface area contributed by atoms with E-state index in [4.69, 9.17) is 10.5 Å². The highest BCUT2D eigenvalue weighted by Gasteiger charge is 2.07. The zero-order chi connectivity index (χ0) is 10.8. The Kier molecular flexibility index (Phi) is 2.29. The monoisotopic (exact) mass is 207 g/mol. The molecule has 2 N–H and O–H groups in total. The van der Waals surface area contributed by atoms with Gasteiger partial charge in [-0.1, -0.05) is 6.07 Å². The Hall–Kier alpha value is -2.04. The van der Waals surface area contributed by atoms with E-state index in [1.807, 2.05) is 0 Å². The molecule has 0 aliphatic carbocycles. The smallest absolute Gasteiger partial charge is 0.235 e. The number of benzene rings is 1. The molecule has 78 valence electrons. The number of hydrogen-bond donors (Lipinski definition) is 1. The maximum atomic E-state index is 13.0. The van der Waals surface area contributed by atoms with Crippen molar-refractivity contribution < 1.29 is 9.13 Å². The van der Waals surface area contributed by atoms with Crippen molar-refractivity contribution >= 4 is 5.82 Å². The Labute approximate surface area is 86.1 Å². The van der Waals surface area contributed by atoms with Crippen molar-refractivity contribution in [2.75, 3.05) is 12.8 Å². The number of rotatable bonds is 2. The van der Waals surface area contributed by atoms with Gasteiger partial charge in [0, 0.05) is 6.07 Å². The Bertz CT molecular complexity index is 481. The molecule has 5 heteroatoms. The number of anilines is 1. The van der Waals surface area contributed by atoms with Crippen molar-refractivity contribution in [1.29, 1.82) is 0 Å². The molecule has 0 aliphatic rings. The van der Waals surface area contributed by atoms with Crippen LogP contribution in [0.2, 0.25) is 0 Å². The molecule has 0 fully saturated rings. The van der Waals surface area contributed by atoms with Gasteiger partial charge in [-0.2, -0.15) is 0 Å². The van der Waals surface area contributed by atoms with Crippen molar-refractivity contribution in [3.63, 3.8) is 0 Å². The molecule has 0 spiro atoms. The SMILES string of the molecule is COc1cc(N)n(-c2cccc(F)c2)n1. The molecule has 0 aliphatic heterocycles. The average molecular weight is 207 g/mol. The van der Waals surface area contributed by atoms with E-state index in [0.717, 1.165) is 0 Å². The summed E-state index contributed by atoms with van der Waals surface area (Å²) >= 11 is 0. The molecule has 1 heterocycles. The normalized spacial score (nSPS) is 10.3. The van der Waals surface area contributed by atoms with Crippen molar-refractivity contribution in [2.45, 2.75) is 0 Å².